The van der Waals surface area contributed by atoms with Crippen LogP contribution in [0.5, 0.6) is 5.75 Å². The van der Waals surface area contributed by atoms with Crippen molar-refractivity contribution in [1.82, 2.24) is 4.98 Å². The third-order valence-corrected chi connectivity index (χ3v) is 4.97. The van der Waals surface area contributed by atoms with E-state index in [1.165, 1.54) is 0 Å². The van der Waals surface area contributed by atoms with Crippen molar-refractivity contribution in [3.05, 3.63) is 80.9 Å². The maximum atomic E-state index is 12.8. The molecule has 0 bridgehead atoms. The largest absolute Gasteiger partial charge is 0.439 e. The van der Waals surface area contributed by atoms with E-state index in [0.29, 0.717) is 11.3 Å². The Morgan fingerprint density at radius 1 is 1.25 bits per heavy atom. The molecule has 1 atom stereocenters. The highest BCUT2D eigenvalue weighted by Crippen LogP contribution is 2.43. The lowest BCUT2D eigenvalue weighted by atomic mass is 9.85. The van der Waals surface area contributed by atoms with Gasteiger partial charge in [-0.25, -0.2) is 0 Å². The number of rotatable bonds is 1. The fourth-order valence-corrected chi connectivity index (χ4v) is 3.88. The summed E-state index contributed by atoms with van der Waals surface area (Å²) in [5.74, 6) is -0.111. The molecule has 0 radical (unpaired) electrons. The zero-order valence-electron chi connectivity index (χ0n) is 12.4. The highest BCUT2D eigenvalue weighted by Gasteiger charge is 2.34. The van der Waals surface area contributed by atoms with Crippen LogP contribution in [0.15, 0.2) is 65.0 Å². The van der Waals surface area contributed by atoms with Crippen molar-refractivity contribution < 1.29 is 4.74 Å². The molecule has 116 valence electrons. The number of ether oxygens (including phenoxy) is 1. The summed E-state index contributed by atoms with van der Waals surface area (Å²) in [6, 6.07) is 13.2. The lowest BCUT2D eigenvalue weighted by Crippen LogP contribution is -2.25. The van der Waals surface area contributed by atoms with Crippen LogP contribution in [-0.4, -0.2) is 4.98 Å². The van der Waals surface area contributed by atoms with Crippen LogP contribution < -0.4 is 15.2 Å². The van der Waals surface area contributed by atoms with E-state index in [4.69, 9.17) is 10.5 Å². The number of nitrogens with zero attached hydrogens (tertiary/aromatic N) is 2. The Morgan fingerprint density at radius 2 is 2.08 bits per heavy atom. The van der Waals surface area contributed by atoms with E-state index in [1.807, 2.05) is 30.3 Å². The molecule has 1 aliphatic rings. The normalized spacial score (nSPS) is 16.4. The molecule has 3 heterocycles. The van der Waals surface area contributed by atoms with Gasteiger partial charge >= 0.3 is 0 Å². The summed E-state index contributed by atoms with van der Waals surface area (Å²) in [6.45, 7) is 0. The van der Waals surface area contributed by atoms with Gasteiger partial charge in [-0.05, 0) is 23.8 Å². The summed E-state index contributed by atoms with van der Waals surface area (Å²) in [6.07, 6.45) is 3.29. The van der Waals surface area contributed by atoms with Crippen molar-refractivity contribution in [3.8, 4) is 11.8 Å². The van der Waals surface area contributed by atoms with Gasteiger partial charge in [-0.15, -0.1) is 0 Å². The predicted molar refractivity (Wildman–Crippen MR) is 91.6 cm³/mol. The number of benzene rings is 1. The van der Waals surface area contributed by atoms with E-state index in [1.54, 1.807) is 18.5 Å². The molecule has 1 aliphatic heterocycles. The third kappa shape index (κ3) is 2.07. The van der Waals surface area contributed by atoms with Gasteiger partial charge in [0.2, 0.25) is 10.6 Å². The van der Waals surface area contributed by atoms with Gasteiger partial charge in [0.05, 0.1) is 11.5 Å². The van der Waals surface area contributed by atoms with Crippen molar-refractivity contribution >= 4 is 21.4 Å². The van der Waals surface area contributed by atoms with Crippen molar-refractivity contribution in [2.45, 2.75) is 5.92 Å². The molecule has 2 N–H and O–H groups in total. The number of allylic oxidation sites excluding steroid dienone is 1. The quantitative estimate of drug-likeness (QED) is 0.739. The Morgan fingerprint density at radius 3 is 2.83 bits per heavy atom. The van der Waals surface area contributed by atoms with Gasteiger partial charge < -0.3 is 10.5 Å². The SMILES string of the molecule is N#CC1=C(N)Oc2c(c(=O)sc3ccccc23)[C@@H]1c1cccnc1. The van der Waals surface area contributed by atoms with E-state index < -0.39 is 5.92 Å². The van der Waals surface area contributed by atoms with Gasteiger partial charge in [0.25, 0.3) is 0 Å². The molecular weight excluding hydrogens is 322 g/mol. The molecule has 0 aliphatic carbocycles. The van der Waals surface area contributed by atoms with E-state index >= 15 is 0 Å². The van der Waals surface area contributed by atoms with Gasteiger partial charge in [0, 0.05) is 22.5 Å². The Hall–Kier alpha value is -3.17. The number of fused-ring (bicyclic) bond motifs is 3. The topological polar surface area (TPSA) is 89.0 Å². The lowest BCUT2D eigenvalue weighted by molar-refractivity contribution is 0.398. The van der Waals surface area contributed by atoms with Gasteiger partial charge in [-0.3, -0.25) is 9.78 Å². The van der Waals surface area contributed by atoms with Crippen LogP contribution in [0, 0.1) is 11.3 Å². The van der Waals surface area contributed by atoms with Gasteiger partial charge in [0.1, 0.15) is 17.4 Å². The monoisotopic (exact) mass is 333 g/mol. The second-order valence-corrected chi connectivity index (χ2v) is 6.35. The van der Waals surface area contributed by atoms with E-state index in [2.05, 4.69) is 11.1 Å². The van der Waals surface area contributed by atoms with Crippen LogP contribution >= 0.6 is 11.3 Å². The summed E-state index contributed by atoms with van der Waals surface area (Å²) in [5.41, 5.74) is 7.40. The van der Waals surface area contributed by atoms with Crippen LogP contribution in [0.2, 0.25) is 0 Å². The standard InChI is InChI=1S/C18H11N3O2S/c19-8-12-14(10-4-3-7-21-9-10)15-16(23-17(12)20)11-5-1-2-6-13(11)24-18(15)22/h1-7,9,14H,20H2/t14-/m1/s1. The van der Waals surface area contributed by atoms with E-state index in [9.17, 15) is 10.1 Å². The molecule has 0 amide bonds. The van der Waals surface area contributed by atoms with Crippen LogP contribution in [0.3, 0.4) is 0 Å². The van der Waals surface area contributed by atoms with E-state index in [-0.39, 0.29) is 16.2 Å². The molecule has 2 aromatic heterocycles. The fraction of sp³-hybridized carbons (Fsp3) is 0.0556. The number of hydrogen-bond acceptors (Lipinski definition) is 6. The lowest BCUT2D eigenvalue weighted by Gasteiger charge is -2.26. The Kier molecular flexibility index (Phi) is 3.29. The average Bonchev–Trinajstić information content (AvgIpc) is 2.61. The number of aromatic nitrogens is 1. The number of nitriles is 1. The second kappa shape index (κ2) is 5.48. The van der Waals surface area contributed by atoms with Gasteiger partial charge in [0.15, 0.2) is 0 Å². The smallest absolute Gasteiger partial charge is 0.240 e. The molecular formula is C18H11N3O2S. The number of hydrogen-bond donors (Lipinski definition) is 1. The highest BCUT2D eigenvalue weighted by molar-refractivity contribution is 7.16. The van der Waals surface area contributed by atoms with Crippen molar-refractivity contribution in [2.75, 3.05) is 0 Å². The molecule has 5 nitrogen and oxygen atoms in total. The summed E-state index contributed by atoms with van der Waals surface area (Å²) in [7, 11) is 0. The Balaban J connectivity index is 2.10. The summed E-state index contributed by atoms with van der Waals surface area (Å²) < 4.78 is 6.38. The molecule has 0 saturated carbocycles. The molecule has 3 aromatic rings. The second-order valence-electron chi connectivity index (χ2n) is 5.34. The molecule has 0 unspecified atom stereocenters. The third-order valence-electron chi connectivity index (χ3n) is 3.99. The first-order valence-corrected chi connectivity index (χ1v) is 8.05. The number of nitrogens with two attached hydrogens (primary N) is 1. The van der Waals surface area contributed by atoms with Crippen molar-refractivity contribution in [2.24, 2.45) is 5.73 Å². The first kappa shape index (κ1) is 14.4. The first-order chi connectivity index (χ1) is 11.7. The molecule has 0 spiro atoms. The molecule has 0 fully saturated rings. The molecule has 1 aromatic carbocycles. The summed E-state index contributed by atoms with van der Waals surface area (Å²) in [4.78, 5) is 16.9. The van der Waals surface area contributed by atoms with Gasteiger partial charge in [-0.2, -0.15) is 5.26 Å². The van der Waals surface area contributed by atoms with Crippen molar-refractivity contribution in [3.63, 3.8) is 0 Å². The average molecular weight is 333 g/mol. The Bertz CT molecular complexity index is 1080. The molecule has 24 heavy (non-hydrogen) atoms. The predicted octanol–water partition coefficient (Wildman–Crippen LogP) is 2.87. The molecule has 0 saturated heterocycles. The van der Waals surface area contributed by atoms with Crippen LogP contribution in [-0.2, 0) is 0 Å². The Labute approximate surface area is 141 Å². The highest BCUT2D eigenvalue weighted by atomic mass is 32.1. The minimum absolute atomic E-state index is 0.0274. The maximum Gasteiger partial charge on any atom is 0.240 e. The van der Waals surface area contributed by atoms with E-state index in [0.717, 1.165) is 27.0 Å². The van der Waals surface area contributed by atoms with Crippen LogP contribution in [0.4, 0.5) is 0 Å². The van der Waals surface area contributed by atoms with Crippen molar-refractivity contribution in [1.29, 1.82) is 5.26 Å². The molecule has 6 heteroatoms. The first-order valence-electron chi connectivity index (χ1n) is 7.24. The van der Waals surface area contributed by atoms with Gasteiger partial charge in [-0.1, -0.05) is 29.5 Å². The maximum absolute atomic E-state index is 12.8. The van der Waals surface area contributed by atoms with Crippen LogP contribution in [0.25, 0.3) is 10.1 Å². The molecule has 4 rings (SSSR count). The number of pyridine rings is 1. The minimum Gasteiger partial charge on any atom is -0.439 e. The zero-order chi connectivity index (χ0) is 16.7. The zero-order valence-corrected chi connectivity index (χ0v) is 13.2. The fourth-order valence-electron chi connectivity index (χ4n) is 2.95. The summed E-state index contributed by atoms with van der Waals surface area (Å²) >= 11 is 1.14. The summed E-state index contributed by atoms with van der Waals surface area (Å²) in [5, 5.41) is 10.3. The minimum atomic E-state index is -0.569. The van der Waals surface area contributed by atoms with Crippen LogP contribution in [0.1, 0.15) is 17.0 Å².